The van der Waals surface area contributed by atoms with Gasteiger partial charge >= 0.3 is 5.97 Å². The topological polar surface area (TPSA) is 90.3 Å². The normalized spacial score (nSPS) is 11.9. The van der Waals surface area contributed by atoms with Crippen molar-refractivity contribution in [3.05, 3.63) is 59.4 Å². The van der Waals surface area contributed by atoms with Gasteiger partial charge in [0.15, 0.2) is 0 Å². The van der Waals surface area contributed by atoms with E-state index < -0.39 is 11.6 Å². The van der Waals surface area contributed by atoms with Crippen molar-refractivity contribution in [2.45, 2.75) is 39.8 Å². The van der Waals surface area contributed by atoms with Crippen LogP contribution in [0.15, 0.2) is 42.6 Å². The van der Waals surface area contributed by atoms with E-state index in [1.165, 1.54) is 0 Å². The number of anilines is 1. The minimum absolute atomic E-state index is 0.399. The molecule has 1 heterocycles. The molecule has 0 aliphatic carbocycles. The lowest BCUT2D eigenvalue weighted by Gasteiger charge is -2.16. The summed E-state index contributed by atoms with van der Waals surface area (Å²) in [7, 11) is 0. The van der Waals surface area contributed by atoms with Gasteiger partial charge in [-0.15, -0.1) is 0 Å². The number of nitriles is 1. The van der Waals surface area contributed by atoms with Crippen molar-refractivity contribution in [1.82, 2.24) is 4.57 Å². The van der Waals surface area contributed by atoms with E-state index in [1.807, 2.05) is 25.1 Å². The predicted octanol–water partition coefficient (Wildman–Crippen LogP) is 3.93. The highest BCUT2D eigenvalue weighted by atomic mass is 17.2. The quantitative estimate of drug-likeness (QED) is 0.649. The van der Waals surface area contributed by atoms with Crippen LogP contribution in [0.25, 0.3) is 5.57 Å². The zero-order chi connectivity index (χ0) is 19.3. The number of carbonyl (C=O) groups excluding carboxylic acids is 1. The van der Waals surface area contributed by atoms with Crippen molar-refractivity contribution >= 4 is 17.2 Å². The first-order chi connectivity index (χ1) is 12.2. The van der Waals surface area contributed by atoms with E-state index in [0.29, 0.717) is 23.5 Å². The van der Waals surface area contributed by atoms with Crippen molar-refractivity contribution in [2.24, 2.45) is 0 Å². The molecule has 2 rings (SSSR count). The molecule has 6 nitrogen and oxygen atoms in total. The summed E-state index contributed by atoms with van der Waals surface area (Å²) in [6.07, 6.45) is 3.75. The summed E-state index contributed by atoms with van der Waals surface area (Å²) in [4.78, 5) is 21.9. The highest BCUT2D eigenvalue weighted by Crippen LogP contribution is 2.21. The molecule has 2 aromatic rings. The number of aromatic nitrogens is 1. The summed E-state index contributed by atoms with van der Waals surface area (Å²) in [5.74, 6) is -0.543. The van der Waals surface area contributed by atoms with Crippen molar-refractivity contribution in [3.63, 3.8) is 0 Å². The van der Waals surface area contributed by atoms with Gasteiger partial charge in [0.25, 0.3) is 0 Å². The molecule has 26 heavy (non-hydrogen) atoms. The lowest BCUT2D eigenvalue weighted by molar-refractivity contribution is -0.301. The first kappa shape index (κ1) is 19.3. The van der Waals surface area contributed by atoms with Gasteiger partial charge in [-0.05, 0) is 57.0 Å². The molecule has 1 aromatic carbocycles. The smallest absolute Gasteiger partial charge is 0.373 e. The molecule has 0 saturated heterocycles. The first-order valence-corrected chi connectivity index (χ1v) is 8.25. The van der Waals surface area contributed by atoms with Crippen LogP contribution in [0.2, 0.25) is 0 Å². The van der Waals surface area contributed by atoms with Crippen LogP contribution in [0.1, 0.15) is 49.3 Å². The van der Waals surface area contributed by atoms with Crippen molar-refractivity contribution in [1.29, 1.82) is 5.26 Å². The Hall–Kier alpha value is -3.04. The third-order valence-corrected chi connectivity index (χ3v) is 3.65. The zero-order valence-electron chi connectivity index (χ0n) is 15.4. The van der Waals surface area contributed by atoms with Crippen LogP contribution >= 0.6 is 0 Å². The molecular formula is C20H23N3O3. The average molecular weight is 353 g/mol. The monoisotopic (exact) mass is 353 g/mol. The molecule has 0 unspecified atom stereocenters. The summed E-state index contributed by atoms with van der Waals surface area (Å²) in [6.45, 7) is 7.82. The van der Waals surface area contributed by atoms with Gasteiger partial charge in [-0.2, -0.15) is 10.1 Å². The predicted molar refractivity (Wildman–Crippen MR) is 99.9 cm³/mol. The molecule has 0 radical (unpaired) electrons. The van der Waals surface area contributed by atoms with Gasteiger partial charge in [-0.3, -0.25) is 4.89 Å². The fourth-order valence-corrected chi connectivity index (χ4v) is 2.31. The number of nitrogens with two attached hydrogens (primary N) is 1. The molecule has 0 aliphatic rings. The standard InChI is InChI=1S/C20H23N3O3/c1-5-14(13-23-11-10-17(22)18(23)12-21)15-6-8-16(9-7-15)19(24)25-26-20(2,3)4/h5-11H,13,22H2,1-4H3. The lowest BCUT2D eigenvalue weighted by Crippen LogP contribution is -2.21. The number of nitrogen functional groups attached to an aromatic ring is 1. The van der Waals surface area contributed by atoms with Gasteiger partial charge in [0, 0.05) is 12.7 Å². The Bertz CT molecular complexity index is 850. The number of hydrogen-bond acceptors (Lipinski definition) is 5. The second-order valence-corrected chi connectivity index (χ2v) is 6.82. The molecule has 136 valence electrons. The highest BCUT2D eigenvalue weighted by molar-refractivity contribution is 5.89. The second kappa shape index (κ2) is 7.89. The van der Waals surface area contributed by atoms with E-state index in [0.717, 1.165) is 11.1 Å². The first-order valence-electron chi connectivity index (χ1n) is 8.25. The van der Waals surface area contributed by atoms with E-state index in [-0.39, 0.29) is 0 Å². The summed E-state index contributed by atoms with van der Waals surface area (Å²) >= 11 is 0. The maximum absolute atomic E-state index is 12.0. The van der Waals surface area contributed by atoms with Gasteiger partial charge in [-0.1, -0.05) is 18.2 Å². The minimum atomic E-state index is -0.565. The Labute approximate surface area is 153 Å². The number of rotatable bonds is 5. The molecule has 0 saturated carbocycles. The highest BCUT2D eigenvalue weighted by Gasteiger charge is 2.17. The van der Waals surface area contributed by atoms with Crippen LogP contribution in [0.3, 0.4) is 0 Å². The van der Waals surface area contributed by atoms with Gasteiger partial charge in [-0.25, -0.2) is 4.79 Å². The van der Waals surface area contributed by atoms with Gasteiger partial charge in [0.2, 0.25) is 0 Å². The van der Waals surface area contributed by atoms with Crippen LogP contribution in [0.4, 0.5) is 5.69 Å². The zero-order valence-corrected chi connectivity index (χ0v) is 15.4. The largest absolute Gasteiger partial charge is 0.396 e. The van der Waals surface area contributed by atoms with E-state index in [4.69, 9.17) is 15.5 Å². The number of nitrogens with zero attached hydrogens (tertiary/aromatic N) is 2. The average Bonchev–Trinajstić information content (AvgIpc) is 2.96. The van der Waals surface area contributed by atoms with Crippen molar-refractivity contribution in [3.8, 4) is 6.07 Å². The van der Waals surface area contributed by atoms with E-state index >= 15 is 0 Å². The van der Waals surface area contributed by atoms with Gasteiger partial charge in [0.1, 0.15) is 17.4 Å². The fraction of sp³-hybridized carbons (Fsp3) is 0.300. The molecule has 0 atom stereocenters. The molecule has 0 fully saturated rings. The molecule has 1 aromatic heterocycles. The third kappa shape index (κ3) is 4.74. The SMILES string of the molecule is CC=C(Cn1ccc(N)c1C#N)c1ccc(C(=O)OOC(C)(C)C)cc1. The van der Waals surface area contributed by atoms with Gasteiger partial charge in [0.05, 0.1) is 11.3 Å². The van der Waals surface area contributed by atoms with Crippen LogP contribution in [-0.4, -0.2) is 16.1 Å². The third-order valence-electron chi connectivity index (χ3n) is 3.65. The van der Waals surface area contributed by atoms with Crippen LogP contribution < -0.4 is 5.73 Å². The number of carbonyl (C=O) groups is 1. The molecule has 2 N–H and O–H groups in total. The maximum atomic E-state index is 12.0. The maximum Gasteiger partial charge on any atom is 0.373 e. The van der Waals surface area contributed by atoms with Crippen molar-refractivity contribution < 1.29 is 14.6 Å². The van der Waals surface area contributed by atoms with E-state index in [9.17, 15) is 10.1 Å². The van der Waals surface area contributed by atoms with Crippen LogP contribution in [0, 0.1) is 11.3 Å². The van der Waals surface area contributed by atoms with Gasteiger partial charge < -0.3 is 10.3 Å². The Balaban J connectivity index is 2.13. The molecule has 0 spiro atoms. The minimum Gasteiger partial charge on any atom is -0.396 e. The number of allylic oxidation sites excluding steroid dienone is 2. The van der Waals surface area contributed by atoms with Crippen molar-refractivity contribution in [2.75, 3.05) is 5.73 Å². The Morgan fingerprint density at radius 1 is 1.23 bits per heavy atom. The Morgan fingerprint density at radius 3 is 2.38 bits per heavy atom. The molecule has 0 bridgehead atoms. The van der Waals surface area contributed by atoms with E-state index in [1.54, 1.807) is 49.7 Å². The molecule has 0 aliphatic heterocycles. The number of benzene rings is 1. The lowest BCUT2D eigenvalue weighted by atomic mass is 10.0. The Morgan fingerprint density at radius 2 is 1.85 bits per heavy atom. The Kier molecular flexibility index (Phi) is 5.86. The van der Waals surface area contributed by atoms with Crippen LogP contribution in [-0.2, 0) is 16.3 Å². The molecular weight excluding hydrogens is 330 g/mol. The fourth-order valence-electron chi connectivity index (χ4n) is 2.31. The number of hydrogen-bond donors (Lipinski definition) is 1. The van der Waals surface area contributed by atoms with E-state index in [2.05, 4.69) is 6.07 Å². The molecule has 6 heteroatoms. The second-order valence-electron chi connectivity index (χ2n) is 6.82. The summed E-state index contributed by atoms with van der Waals surface area (Å²) in [5, 5.41) is 9.22. The summed E-state index contributed by atoms with van der Waals surface area (Å²) < 4.78 is 1.80. The summed E-state index contributed by atoms with van der Waals surface area (Å²) in [6, 6.07) is 10.9. The summed E-state index contributed by atoms with van der Waals surface area (Å²) in [5.41, 5.74) is 8.47. The van der Waals surface area contributed by atoms with Crippen LogP contribution in [0.5, 0.6) is 0 Å². The molecule has 0 amide bonds.